The van der Waals surface area contributed by atoms with E-state index in [2.05, 4.69) is 36.9 Å². The minimum atomic E-state index is -1.58. The van der Waals surface area contributed by atoms with Crippen molar-refractivity contribution < 1.29 is 48.6 Å². The van der Waals surface area contributed by atoms with Crippen molar-refractivity contribution in [2.45, 2.75) is 83.2 Å². The van der Waals surface area contributed by atoms with Crippen molar-refractivity contribution in [3.05, 3.63) is 36.0 Å². The van der Waals surface area contributed by atoms with Crippen LogP contribution in [0, 0.1) is 5.92 Å². The van der Waals surface area contributed by atoms with Crippen LogP contribution in [0.25, 0.3) is 10.9 Å². The van der Waals surface area contributed by atoms with Gasteiger partial charge in [0, 0.05) is 23.5 Å². The fourth-order valence-electron chi connectivity index (χ4n) is 4.78. The molecule has 0 aliphatic carbocycles. The summed E-state index contributed by atoms with van der Waals surface area (Å²) in [7, 11) is 0. The number of nitrogens with one attached hydrogen (secondary N) is 7. The van der Waals surface area contributed by atoms with E-state index in [-0.39, 0.29) is 6.42 Å². The van der Waals surface area contributed by atoms with Gasteiger partial charge < -0.3 is 58.6 Å². The van der Waals surface area contributed by atoms with Crippen molar-refractivity contribution in [3.63, 3.8) is 0 Å². The number of H-pyrrole nitrogens is 1. The topological polar surface area (TPSA) is 317 Å². The van der Waals surface area contributed by atoms with Crippen molar-refractivity contribution in [3.8, 4) is 0 Å². The van der Waals surface area contributed by atoms with Crippen LogP contribution in [-0.2, 0) is 44.8 Å². The summed E-state index contributed by atoms with van der Waals surface area (Å²) in [6.07, 6.45) is 1.28. The zero-order valence-electron chi connectivity index (χ0n) is 28.8. The molecule has 7 amide bonds. The lowest BCUT2D eigenvalue weighted by Gasteiger charge is -2.27. The number of aromatic nitrogens is 1. The number of carboxylic acid groups (broad SMARTS) is 1. The van der Waals surface area contributed by atoms with Crippen molar-refractivity contribution >= 4 is 58.2 Å². The molecule has 13 N–H and O–H groups in total. The number of primary amides is 1. The maximum atomic E-state index is 13.3. The molecule has 1 aromatic carbocycles. The molecule has 0 aliphatic rings. The number of benzene rings is 1. The van der Waals surface area contributed by atoms with E-state index in [0.29, 0.717) is 12.0 Å². The Kier molecular flexibility index (Phi) is 16.0. The quantitative estimate of drug-likeness (QED) is 0.0642. The molecule has 0 unspecified atom stereocenters. The second kappa shape index (κ2) is 19.6. The molecule has 2 aromatic rings. The highest BCUT2D eigenvalue weighted by molar-refractivity contribution is 5.97. The van der Waals surface area contributed by atoms with Crippen LogP contribution in [0.5, 0.6) is 0 Å². The zero-order valence-corrected chi connectivity index (χ0v) is 28.8. The molecule has 0 fully saturated rings. The molecule has 19 heteroatoms. The van der Waals surface area contributed by atoms with Gasteiger partial charge in [0.15, 0.2) is 0 Å². The average Bonchev–Trinajstić information content (AvgIpc) is 3.50. The smallest absolute Gasteiger partial charge is 0.326 e. The predicted octanol–water partition coefficient (Wildman–Crippen LogP) is -3.38. The molecule has 0 saturated heterocycles. The first-order chi connectivity index (χ1) is 24.0. The van der Waals surface area contributed by atoms with Gasteiger partial charge in [0.05, 0.1) is 19.6 Å². The summed E-state index contributed by atoms with van der Waals surface area (Å²) in [5.41, 5.74) is 12.2. The van der Waals surface area contributed by atoms with E-state index in [1.165, 1.54) is 13.8 Å². The summed E-state index contributed by atoms with van der Waals surface area (Å²) in [5, 5.41) is 33.7. The summed E-state index contributed by atoms with van der Waals surface area (Å²) < 4.78 is 0. The highest BCUT2D eigenvalue weighted by atomic mass is 16.4. The van der Waals surface area contributed by atoms with E-state index in [1.54, 1.807) is 32.2 Å². The summed E-state index contributed by atoms with van der Waals surface area (Å²) in [6, 6.07) is -0.624. The number of rotatable bonds is 20. The number of amides is 7. The minimum Gasteiger partial charge on any atom is -0.480 e. The summed E-state index contributed by atoms with van der Waals surface area (Å²) in [5.74, 6) is -7.82. The molecule has 0 radical (unpaired) electrons. The fraction of sp³-hybridized carbons (Fsp3) is 0.500. The molecule has 0 bridgehead atoms. The maximum Gasteiger partial charge on any atom is 0.326 e. The van der Waals surface area contributed by atoms with Gasteiger partial charge in [0.1, 0.15) is 36.3 Å². The molecule has 0 saturated carbocycles. The molecule has 0 spiro atoms. The first-order valence-corrected chi connectivity index (χ1v) is 16.2. The Hall–Kier alpha value is -5.56. The molecule has 7 atom stereocenters. The van der Waals surface area contributed by atoms with Crippen LogP contribution in [0.3, 0.4) is 0 Å². The van der Waals surface area contributed by atoms with Gasteiger partial charge in [-0.05, 0) is 31.4 Å². The van der Waals surface area contributed by atoms with E-state index in [4.69, 9.17) is 16.6 Å². The van der Waals surface area contributed by atoms with Crippen molar-refractivity contribution in [1.29, 1.82) is 0 Å². The van der Waals surface area contributed by atoms with E-state index < -0.39 is 109 Å². The van der Waals surface area contributed by atoms with Crippen LogP contribution in [0.2, 0.25) is 0 Å². The van der Waals surface area contributed by atoms with Crippen LogP contribution in [0.1, 0.15) is 46.1 Å². The molecule has 0 aliphatic heterocycles. The van der Waals surface area contributed by atoms with Crippen molar-refractivity contribution in [1.82, 2.24) is 36.9 Å². The van der Waals surface area contributed by atoms with Crippen LogP contribution < -0.4 is 43.4 Å². The molecule has 19 nitrogen and oxygen atoms in total. The van der Waals surface area contributed by atoms with Crippen molar-refractivity contribution in [2.75, 3.05) is 13.2 Å². The van der Waals surface area contributed by atoms with Crippen molar-refractivity contribution in [2.24, 2.45) is 17.4 Å². The lowest BCUT2D eigenvalue weighted by molar-refractivity contribution is -0.142. The first-order valence-electron chi connectivity index (χ1n) is 16.2. The maximum absolute atomic E-state index is 13.3. The number of para-hydroxylation sites is 1. The molecular formula is C32H47N9O10. The lowest BCUT2D eigenvalue weighted by atomic mass is 9.97. The molecule has 280 valence electrons. The fourth-order valence-corrected chi connectivity index (χ4v) is 4.78. The Bertz CT molecular complexity index is 1600. The monoisotopic (exact) mass is 717 g/mol. The first kappa shape index (κ1) is 41.6. The Labute approximate surface area is 293 Å². The minimum absolute atomic E-state index is 0.0621. The molecule has 51 heavy (non-hydrogen) atoms. The number of aliphatic hydroxyl groups is 1. The second-order valence-corrected chi connectivity index (χ2v) is 12.1. The summed E-state index contributed by atoms with van der Waals surface area (Å²) >= 11 is 0. The average molecular weight is 718 g/mol. The van der Waals surface area contributed by atoms with Gasteiger partial charge in [-0.25, -0.2) is 4.79 Å². The van der Waals surface area contributed by atoms with Gasteiger partial charge in [0.25, 0.3) is 0 Å². The largest absolute Gasteiger partial charge is 0.480 e. The van der Waals surface area contributed by atoms with Gasteiger partial charge in [-0.2, -0.15) is 0 Å². The van der Waals surface area contributed by atoms with Crippen LogP contribution in [0.15, 0.2) is 30.5 Å². The van der Waals surface area contributed by atoms with Gasteiger partial charge >= 0.3 is 5.97 Å². The van der Waals surface area contributed by atoms with Crippen LogP contribution in [0.4, 0.5) is 0 Å². The number of aliphatic carboxylic acids is 1. The number of carbonyl (C=O) groups excluding carboxylic acids is 7. The third-order valence-corrected chi connectivity index (χ3v) is 8.02. The van der Waals surface area contributed by atoms with Crippen LogP contribution in [-0.4, -0.2) is 112 Å². The molecule has 1 heterocycles. The molecule has 2 rings (SSSR count). The van der Waals surface area contributed by atoms with Crippen LogP contribution >= 0.6 is 0 Å². The Morgan fingerprint density at radius 2 is 1.41 bits per heavy atom. The summed E-state index contributed by atoms with van der Waals surface area (Å²) in [6.45, 7) is 4.74. The molecule has 1 aromatic heterocycles. The van der Waals surface area contributed by atoms with Gasteiger partial charge in [0.2, 0.25) is 41.4 Å². The second-order valence-electron chi connectivity index (χ2n) is 12.1. The Morgan fingerprint density at radius 1 is 0.804 bits per heavy atom. The number of aliphatic hydroxyl groups excluding tert-OH is 1. The predicted molar refractivity (Wildman–Crippen MR) is 182 cm³/mol. The van der Waals surface area contributed by atoms with E-state index in [0.717, 1.165) is 10.9 Å². The Morgan fingerprint density at radius 3 is 2.02 bits per heavy atom. The number of aromatic amines is 1. The third kappa shape index (κ3) is 12.7. The number of fused-ring (bicyclic) bond motifs is 1. The summed E-state index contributed by atoms with van der Waals surface area (Å²) in [4.78, 5) is 103. The SMILES string of the molecule is CC[C@H](C)[C@H](NC(=O)CNC(=O)[C@H](C)NC(=O)[C@@H](N)CO)C(=O)N[C@@H](CC(N)=O)C(=O)N[C@@H](C)C(=O)N[C@@H](Cc1c[nH]c2ccccc12)C(=O)O. The van der Waals surface area contributed by atoms with Gasteiger partial charge in [-0.15, -0.1) is 0 Å². The van der Waals surface area contributed by atoms with Gasteiger partial charge in [-0.3, -0.25) is 33.6 Å². The number of hydrogen-bond acceptors (Lipinski definition) is 10. The van der Waals surface area contributed by atoms with E-state index >= 15 is 0 Å². The number of carboxylic acids is 1. The highest BCUT2D eigenvalue weighted by Gasteiger charge is 2.33. The normalized spacial score (nSPS) is 15.1. The highest BCUT2D eigenvalue weighted by Crippen LogP contribution is 2.19. The zero-order chi connectivity index (χ0) is 38.4. The number of nitrogens with two attached hydrogens (primary N) is 2. The van der Waals surface area contributed by atoms with E-state index in [1.807, 2.05) is 12.1 Å². The molecular weight excluding hydrogens is 670 g/mol. The van der Waals surface area contributed by atoms with Gasteiger partial charge in [-0.1, -0.05) is 38.5 Å². The number of hydrogen-bond donors (Lipinski definition) is 11. The van der Waals surface area contributed by atoms with E-state index in [9.17, 15) is 43.5 Å². The standard InChI is InChI=1S/C32H47N9O10/c1-5-15(2)26(41-25(44)13-36-27(45)16(3)37-29(47)20(33)14-42)31(49)39-22(11-24(34)43)30(48)38-17(4)28(46)40-23(32(50)51)10-18-12-35-21-9-7-6-8-19(18)21/h6-9,12,15-17,20,22-23,26,35,42H,5,10-11,13-14,33H2,1-4H3,(H2,34,43)(H,36,45)(H,37,47)(H,38,48)(H,39,49)(H,40,46)(H,41,44)(H,50,51)/t15-,16-,17-,20-,22-,23-,26-/m0/s1. The Balaban J connectivity index is 2.05. The third-order valence-electron chi connectivity index (χ3n) is 8.02. The number of carbonyl (C=O) groups is 8. The lowest BCUT2D eigenvalue weighted by Crippen LogP contribution is -2.59.